The maximum Gasteiger partial charge on any atom is 0.275 e. The number of nitrogens with one attached hydrogen (secondary N) is 2. The van der Waals surface area contributed by atoms with Crippen LogP contribution >= 0.6 is 0 Å². The van der Waals surface area contributed by atoms with Gasteiger partial charge in [0.1, 0.15) is 5.69 Å². The first-order chi connectivity index (χ1) is 7.68. The number of amides is 1. The smallest absolute Gasteiger partial charge is 0.275 e. The molecule has 0 fully saturated rings. The lowest BCUT2D eigenvalue weighted by Crippen LogP contribution is -2.19. The van der Waals surface area contributed by atoms with E-state index in [0.717, 1.165) is 0 Å². The first kappa shape index (κ1) is 10.3. The second-order valence-corrected chi connectivity index (χ2v) is 3.56. The Morgan fingerprint density at radius 2 is 2.38 bits per heavy atom. The molecule has 2 heterocycles. The van der Waals surface area contributed by atoms with Crippen LogP contribution in [0.2, 0.25) is 0 Å². The highest BCUT2D eigenvalue weighted by molar-refractivity contribution is 6.02. The lowest BCUT2D eigenvalue weighted by molar-refractivity contribution is 0.101. The van der Waals surface area contributed by atoms with Crippen LogP contribution in [0.1, 0.15) is 30.4 Å². The minimum absolute atomic E-state index is 0.132. The van der Waals surface area contributed by atoms with E-state index < -0.39 is 0 Å². The van der Waals surface area contributed by atoms with Crippen molar-refractivity contribution in [2.75, 3.05) is 5.32 Å². The number of carbonyl (C=O) groups excluding carboxylic acids is 1. The van der Waals surface area contributed by atoms with Crippen LogP contribution in [0.5, 0.6) is 0 Å². The summed E-state index contributed by atoms with van der Waals surface area (Å²) in [5.41, 5.74) is 0.498. The normalized spacial score (nSPS) is 10.7. The number of rotatable bonds is 3. The summed E-state index contributed by atoms with van der Waals surface area (Å²) in [6.45, 7) is 3.92. The van der Waals surface area contributed by atoms with Gasteiger partial charge in [-0.3, -0.25) is 9.48 Å². The topological polar surface area (TPSA) is 88.5 Å². The van der Waals surface area contributed by atoms with Gasteiger partial charge in [-0.15, -0.1) is 5.10 Å². The number of nitrogens with zero attached hydrogens (tertiary/aromatic N) is 4. The molecule has 2 aromatic heterocycles. The molecule has 0 atom stereocenters. The van der Waals surface area contributed by atoms with Crippen LogP contribution in [0, 0.1) is 0 Å². The minimum Gasteiger partial charge on any atom is -0.302 e. The predicted molar refractivity (Wildman–Crippen MR) is 56.9 cm³/mol. The van der Waals surface area contributed by atoms with Gasteiger partial charge in [0, 0.05) is 12.2 Å². The lowest BCUT2D eigenvalue weighted by atomic mass is 10.3. The maximum absolute atomic E-state index is 11.8. The number of hydrogen-bond acceptors (Lipinski definition) is 4. The third kappa shape index (κ3) is 1.92. The molecule has 0 spiro atoms. The van der Waals surface area contributed by atoms with Crippen molar-refractivity contribution in [2.45, 2.75) is 19.9 Å². The predicted octanol–water partition coefficient (Wildman–Crippen LogP) is 0.834. The SMILES string of the molecule is CC(C)n1nccc1C(=O)Nc1cn[nH]n1. The van der Waals surface area contributed by atoms with Gasteiger partial charge in [0.2, 0.25) is 0 Å². The molecular weight excluding hydrogens is 208 g/mol. The standard InChI is InChI=1S/C9H12N6O/c1-6(2)15-7(3-4-11-15)9(16)12-8-5-10-14-13-8/h3-6H,1-2H3,(H2,10,12,13,14,16). The Balaban J connectivity index is 2.18. The van der Waals surface area contributed by atoms with Gasteiger partial charge in [0.05, 0.1) is 6.20 Å². The van der Waals surface area contributed by atoms with Gasteiger partial charge >= 0.3 is 0 Å². The molecule has 2 aromatic rings. The molecular formula is C9H12N6O. The highest BCUT2D eigenvalue weighted by Crippen LogP contribution is 2.09. The van der Waals surface area contributed by atoms with E-state index in [1.165, 1.54) is 6.20 Å². The average Bonchev–Trinajstić information content (AvgIpc) is 2.86. The Morgan fingerprint density at radius 3 is 3.00 bits per heavy atom. The van der Waals surface area contributed by atoms with Crippen molar-refractivity contribution < 1.29 is 4.79 Å². The Labute approximate surface area is 91.9 Å². The molecule has 0 saturated carbocycles. The maximum atomic E-state index is 11.8. The summed E-state index contributed by atoms with van der Waals surface area (Å²) in [6, 6.07) is 1.79. The largest absolute Gasteiger partial charge is 0.302 e. The van der Waals surface area contributed by atoms with Crippen LogP contribution in [0.4, 0.5) is 5.82 Å². The van der Waals surface area contributed by atoms with Gasteiger partial charge in [-0.05, 0) is 19.9 Å². The van der Waals surface area contributed by atoms with Gasteiger partial charge in [-0.2, -0.15) is 15.4 Å². The van der Waals surface area contributed by atoms with Crippen LogP contribution in [-0.4, -0.2) is 31.1 Å². The van der Waals surface area contributed by atoms with Crippen LogP contribution in [-0.2, 0) is 0 Å². The molecule has 2 N–H and O–H groups in total. The third-order valence-electron chi connectivity index (χ3n) is 2.05. The van der Waals surface area contributed by atoms with E-state index in [4.69, 9.17) is 0 Å². The second kappa shape index (κ2) is 4.13. The number of aromatic amines is 1. The van der Waals surface area contributed by atoms with Crippen molar-refractivity contribution in [2.24, 2.45) is 0 Å². The number of aromatic nitrogens is 5. The second-order valence-electron chi connectivity index (χ2n) is 3.56. The number of hydrogen-bond donors (Lipinski definition) is 2. The van der Waals surface area contributed by atoms with Crippen LogP contribution in [0.25, 0.3) is 0 Å². The van der Waals surface area contributed by atoms with Gasteiger partial charge < -0.3 is 5.32 Å². The molecule has 7 heteroatoms. The number of anilines is 1. The quantitative estimate of drug-likeness (QED) is 0.802. The van der Waals surface area contributed by atoms with E-state index in [-0.39, 0.29) is 11.9 Å². The number of carbonyl (C=O) groups is 1. The molecule has 16 heavy (non-hydrogen) atoms. The molecule has 0 aromatic carbocycles. The van der Waals surface area contributed by atoms with Crippen LogP contribution in [0.3, 0.4) is 0 Å². The molecule has 7 nitrogen and oxygen atoms in total. The summed E-state index contributed by atoms with van der Waals surface area (Å²) in [7, 11) is 0. The lowest BCUT2D eigenvalue weighted by Gasteiger charge is -2.09. The fourth-order valence-electron chi connectivity index (χ4n) is 1.35. The Morgan fingerprint density at radius 1 is 1.56 bits per heavy atom. The molecule has 1 amide bonds. The van der Waals surface area contributed by atoms with Crippen molar-refractivity contribution in [3.05, 3.63) is 24.2 Å². The van der Waals surface area contributed by atoms with E-state index >= 15 is 0 Å². The van der Waals surface area contributed by atoms with Gasteiger partial charge in [0.25, 0.3) is 5.91 Å². The van der Waals surface area contributed by atoms with E-state index in [9.17, 15) is 4.79 Å². The summed E-state index contributed by atoms with van der Waals surface area (Å²) in [4.78, 5) is 11.8. The van der Waals surface area contributed by atoms with Crippen molar-refractivity contribution in [1.82, 2.24) is 25.2 Å². The monoisotopic (exact) mass is 220 g/mol. The summed E-state index contributed by atoms with van der Waals surface area (Å²) in [5, 5.41) is 16.5. The molecule has 2 rings (SSSR count). The van der Waals surface area contributed by atoms with E-state index in [1.807, 2.05) is 13.8 Å². The molecule has 0 unspecified atom stereocenters. The Hall–Kier alpha value is -2.18. The minimum atomic E-state index is -0.250. The highest BCUT2D eigenvalue weighted by atomic mass is 16.2. The van der Waals surface area contributed by atoms with Crippen molar-refractivity contribution in [3.63, 3.8) is 0 Å². The van der Waals surface area contributed by atoms with Crippen LogP contribution in [0.15, 0.2) is 18.5 Å². The molecule has 0 aliphatic carbocycles. The molecule has 0 radical (unpaired) electrons. The fraction of sp³-hybridized carbons (Fsp3) is 0.333. The van der Waals surface area contributed by atoms with E-state index in [1.54, 1.807) is 16.9 Å². The van der Waals surface area contributed by atoms with Crippen molar-refractivity contribution in [3.8, 4) is 0 Å². The molecule has 0 aliphatic heterocycles. The summed E-state index contributed by atoms with van der Waals surface area (Å²) >= 11 is 0. The fourth-order valence-corrected chi connectivity index (χ4v) is 1.35. The molecule has 0 aliphatic rings. The van der Waals surface area contributed by atoms with E-state index in [2.05, 4.69) is 25.8 Å². The summed E-state index contributed by atoms with van der Waals surface area (Å²) in [6.07, 6.45) is 3.03. The van der Waals surface area contributed by atoms with Gasteiger partial charge in [-0.25, -0.2) is 0 Å². The average molecular weight is 220 g/mol. The highest BCUT2D eigenvalue weighted by Gasteiger charge is 2.14. The van der Waals surface area contributed by atoms with Crippen LogP contribution < -0.4 is 5.32 Å². The first-order valence-corrected chi connectivity index (χ1v) is 4.89. The Kier molecular flexibility index (Phi) is 2.67. The molecule has 0 bridgehead atoms. The zero-order valence-corrected chi connectivity index (χ0v) is 9.01. The summed E-state index contributed by atoms with van der Waals surface area (Å²) in [5.74, 6) is 0.140. The zero-order chi connectivity index (χ0) is 11.5. The van der Waals surface area contributed by atoms with Gasteiger partial charge in [-0.1, -0.05) is 0 Å². The molecule has 84 valence electrons. The first-order valence-electron chi connectivity index (χ1n) is 4.89. The summed E-state index contributed by atoms with van der Waals surface area (Å²) < 4.78 is 1.65. The Bertz CT molecular complexity index is 472. The van der Waals surface area contributed by atoms with Crippen molar-refractivity contribution in [1.29, 1.82) is 0 Å². The number of H-pyrrole nitrogens is 1. The van der Waals surface area contributed by atoms with Gasteiger partial charge in [0.15, 0.2) is 5.82 Å². The van der Waals surface area contributed by atoms with Crippen molar-refractivity contribution >= 4 is 11.7 Å². The molecule has 0 saturated heterocycles. The van der Waals surface area contributed by atoms with E-state index in [0.29, 0.717) is 11.5 Å². The third-order valence-corrected chi connectivity index (χ3v) is 2.05. The zero-order valence-electron chi connectivity index (χ0n) is 9.01.